The summed E-state index contributed by atoms with van der Waals surface area (Å²) in [4.78, 5) is 15.3. The van der Waals surface area contributed by atoms with E-state index in [4.69, 9.17) is 5.11 Å². The number of aromatic nitrogens is 1. The highest BCUT2D eigenvalue weighted by Crippen LogP contribution is 2.24. The molecule has 0 unspecified atom stereocenters. The molecule has 88 valence electrons. The third kappa shape index (κ3) is 1.50. The van der Waals surface area contributed by atoms with Gasteiger partial charge < -0.3 is 5.11 Å². The number of halogens is 1. The van der Waals surface area contributed by atoms with E-state index in [1.165, 1.54) is 12.1 Å². The second kappa shape index (κ2) is 3.77. The summed E-state index contributed by atoms with van der Waals surface area (Å²) in [6.07, 6.45) is 0. The van der Waals surface area contributed by atoms with Crippen LogP contribution in [0.1, 0.15) is 10.4 Å². The average Bonchev–Trinajstić information content (AvgIpc) is 2.36. The van der Waals surface area contributed by atoms with Crippen molar-refractivity contribution in [1.29, 1.82) is 0 Å². The van der Waals surface area contributed by atoms with Crippen molar-refractivity contribution in [2.45, 2.75) is 0 Å². The Morgan fingerprint density at radius 1 is 1.17 bits per heavy atom. The first-order valence-electron chi connectivity index (χ1n) is 5.38. The molecule has 0 atom stereocenters. The molecule has 1 heterocycles. The van der Waals surface area contributed by atoms with E-state index in [9.17, 15) is 9.18 Å². The van der Waals surface area contributed by atoms with Crippen LogP contribution in [0.2, 0.25) is 0 Å². The van der Waals surface area contributed by atoms with Crippen LogP contribution in [-0.2, 0) is 0 Å². The van der Waals surface area contributed by atoms with Gasteiger partial charge in [-0.05, 0) is 24.3 Å². The van der Waals surface area contributed by atoms with Crippen molar-refractivity contribution in [3.63, 3.8) is 0 Å². The predicted molar refractivity (Wildman–Crippen MR) is 66.2 cm³/mol. The van der Waals surface area contributed by atoms with Crippen molar-refractivity contribution in [1.82, 2.24) is 4.98 Å². The van der Waals surface area contributed by atoms with Crippen LogP contribution in [0.15, 0.2) is 42.5 Å². The van der Waals surface area contributed by atoms with Gasteiger partial charge in [0.25, 0.3) is 0 Å². The fourth-order valence-corrected chi connectivity index (χ4v) is 2.03. The molecule has 0 amide bonds. The monoisotopic (exact) mass is 241 g/mol. The molecule has 4 heteroatoms. The Bertz CT molecular complexity index is 783. The number of aromatic carboxylic acids is 1. The Hall–Kier alpha value is -2.49. The van der Waals surface area contributed by atoms with E-state index in [0.29, 0.717) is 16.3 Å². The number of carbonyl (C=O) groups is 1. The summed E-state index contributed by atoms with van der Waals surface area (Å²) in [6.45, 7) is 0. The van der Waals surface area contributed by atoms with Gasteiger partial charge in [0.2, 0.25) is 0 Å². The zero-order valence-corrected chi connectivity index (χ0v) is 9.22. The second-order valence-corrected chi connectivity index (χ2v) is 3.98. The number of hydrogen-bond acceptors (Lipinski definition) is 2. The molecule has 1 aromatic heterocycles. The van der Waals surface area contributed by atoms with Gasteiger partial charge in [-0.15, -0.1) is 0 Å². The number of hydrogen-bond donors (Lipinski definition) is 1. The van der Waals surface area contributed by atoms with Crippen molar-refractivity contribution < 1.29 is 14.3 Å². The SMILES string of the molecule is O=C(O)c1cccc2nc3c(F)cccc3cc12. The van der Waals surface area contributed by atoms with Gasteiger partial charge in [0, 0.05) is 10.8 Å². The maximum Gasteiger partial charge on any atom is 0.336 e. The van der Waals surface area contributed by atoms with E-state index in [1.807, 2.05) is 0 Å². The molecule has 3 aromatic rings. The number of fused-ring (bicyclic) bond motifs is 2. The number of pyridine rings is 1. The number of benzene rings is 2. The molecule has 0 radical (unpaired) electrons. The highest BCUT2D eigenvalue weighted by molar-refractivity contribution is 6.05. The predicted octanol–water partition coefficient (Wildman–Crippen LogP) is 3.23. The van der Waals surface area contributed by atoms with Crippen LogP contribution in [-0.4, -0.2) is 16.1 Å². The fraction of sp³-hybridized carbons (Fsp3) is 0. The lowest BCUT2D eigenvalue weighted by atomic mass is 10.1. The Labute approximate surface area is 102 Å². The van der Waals surface area contributed by atoms with Crippen molar-refractivity contribution >= 4 is 27.8 Å². The number of carboxylic acids is 1. The van der Waals surface area contributed by atoms with Gasteiger partial charge >= 0.3 is 5.97 Å². The van der Waals surface area contributed by atoms with Crippen LogP contribution in [0.25, 0.3) is 21.8 Å². The lowest BCUT2D eigenvalue weighted by Gasteiger charge is -2.04. The first-order chi connectivity index (χ1) is 8.66. The zero-order chi connectivity index (χ0) is 12.7. The summed E-state index contributed by atoms with van der Waals surface area (Å²) in [5, 5.41) is 10.2. The van der Waals surface area contributed by atoms with Crippen molar-refractivity contribution in [2.24, 2.45) is 0 Å². The summed E-state index contributed by atoms with van der Waals surface area (Å²) in [5.74, 6) is -1.42. The average molecular weight is 241 g/mol. The summed E-state index contributed by atoms with van der Waals surface area (Å²) >= 11 is 0. The third-order valence-electron chi connectivity index (χ3n) is 2.86. The van der Waals surface area contributed by atoms with E-state index >= 15 is 0 Å². The van der Waals surface area contributed by atoms with Crippen LogP contribution in [0.4, 0.5) is 4.39 Å². The molecular formula is C14H8FNO2. The quantitative estimate of drug-likeness (QED) is 0.665. The minimum Gasteiger partial charge on any atom is -0.478 e. The van der Waals surface area contributed by atoms with Crippen molar-refractivity contribution in [3.05, 3.63) is 53.8 Å². The Balaban J connectivity index is 2.49. The van der Waals surface area contributed by atoms with Gasteiger partial charge in [0.05, 0.1) is 11.1 Å². The molecule has 18 heavy (non-hydrogen) atoms. The van der Waals surface area contributed by atoms with E-state index in [2.05, 4.69) is 4.98 Å². The van der Waals surface area contributed by atoms with Crippen LogP contribution >= 0.6 is 0 Å². The summed E-state index contributed by atoms with van der Waals surface area (Å²) < 4.78 is 13.6. The molecule has 2 aromatic carbocycles. The minimum absolute atomic E-state index is 0.172. The minimum atomic E-state index is -1.02. The molecule has 0 aliphatic carbocycles. The van der Waals surface area contributed by atoms with E-state index in [1.54, 1.807) is 30.3 Å². The highest BCUT2D eigenvalue weighted by atomic mass is 19.1. The fourth-order valence-electron chi connectivity index (χ4n) is 2.03. The third-order valence-corrected chi connectivity index (χ3v) is 2.86. The summed E-state index contributed by atoms with van der Waals surface area (Å²) in [7, 11) is 0. The standard InChI is InChI=1S/C14H8FNO2/c15-11-5-1-3-8-7-10-9(14(17)18)4-2-6-12(10)16-13(8)11/h1-7H,(H,17,18). The zero-order valence-electron chi connectivity index (χ0n) is 9.22. The maximum absolute atomic E-state index is 13.6. The summed E-state index contributed by atoms with van der Waals surface area (Å²) in [5.41, 5.74) is 0.909. The van der Waals surface area contributed by atoms with Crippen LogP contribution in [0.3, 0.4) is 0 Å². The van der Waals surface area contributed by atoms with Gasteiger partial charge in [-0.1, -0.05) is 18.2 Å². The number of nitrogens with zero attached hydrogens (tertiary/aromatic N) is 1. The van der Waals surface area contributed by atoms with Gasteiger partial charge in [-0.25, -0.2) is 14.2 Å². The van der Waals surface area contributed by atoms with E-state index in [-0.39, 0.29) is 11.1 Å². The number of carboxylic acid groups (broad SMARTS) is 1. The molecule has 1 N–H and O–H groups in total. The normalized spacial score (nSPS) is 10.9. The first-order valence-corrected chi connectivity index (χ1v) is 5.38. The molecule has 0 saturated carbocycles. The second-order valence-electron chi connectivity index (χ2n) is 3.98. The molecule has 3 nitrogen and oxygen atoms in total. The van der Waals surface area contributed by atoms with E-state index < -0.39 is 11.8 Å². The molecule has 0 aliphatic heterocycles. The van der Waals surface area contributed by atoms with Gasteiger partial charge in [0.15, 0.2) is 0 Å². The smallest absolute Gasteiger partial charge is 0.336 e. The lowest BCUT2D eigenvalue weighted by molar-refractivity contribution is 0.0699. The molecule has 0 spiro atoms. The van der Waals surface area contributed by atoms with Crippen LogP contribution in [0.5, 0.6) is 0 Å². The van der Waals surface area contributed by atoms with Crippen LogP contribution in [0, 0.1) is 5.82 Å². The molecule has 0 saturated heterocycles. The van der Waals surface area contributed by atoms with Gasteiger partial charge in [-0.2, -0.15) is 0 Å². The molecule has 0 fully saturated rings. The maximum atomic E-state index is 13.6. The molecule has 0 aliphatic rings. The van der Waals surface area contributed by atoms with Crippen molar-refractivity contribution in [2.75, 3.05) is 0 Å². The Morgan fingerprint density at radius 2 is 1.94 bits per heavy atom. The van der Waals surface area contributed by atoms with Crippen LogP contribution < -0.4 is 0 Å². The summed E-state index contributed by atoms with van der Waals surface area (Å²) in [6, 6.07) is 11.1. The van der Waals surface area contributed by atoms with Crippen molar-refractivity contribution in [3.8, 4) is 0 Å². The molecule has 3 rings (SSSR count). The van der Waals surface area contributed by atoms with E-state index in [0.717, 1.165) is 0 Å². The Kier molecular flexibility index (Phi) is 2.23. The lowest BCUT2D eigenvalue weighted by Crippen LogP contribution is -1.98. The van der Waals surface area contributed by atoms with Gasteiger partial charge in [-0.3, -0.25) is 0 Å². The molecular weight excluding hydrogens is 233 g/mol. The van der Waals surface area contributed by atoms with Gasteiger partial charge in [0.1, 0.15) is 11.3 Å². The largest absolute Gasteiger partial charge is 0.478 e. The highest BCUT2D eigenvalue weighted by Gasteiger charge is 2.11. The molecule has 0 bridgehead atoms. The Morgan fingerprint density at radius 3 is 2.72 bits per heavy atom. The number of rotatable bonds is 1. The number of para-hydroxylation sites is 1. The topological polar surface area (TPSA) is 50.2 Å². The first kappa shape index (κ1) is 10.7.